The standard InChI is InChI=1S/C5H13NO2S/c1-5(2,3)6-4-9(7)8/h6H,4H2,1-3H3,(H,7,8). The molecule has 1 unspecified atom stereocenters. The Labute approximate surface area is 58.1 Å². The highest BCUT2D eigenvalue weighted by Gasteiger charge is 2.08. The van der Waals surface area contributed by atoms with Crippen molar-refractivity contribution in [2.24, 2.45) is 0 Å². The average molecular weight is 151 g/mol. The van der Waals surface area contributed by atoms with E-state index in [2.05, 4.69) is 5.32 Å². The van der Waals surface area contributed by atoms with Crippen LogP contribution < -0.4 is 5.32 Å². The first-order valence-electron chi connectivity index (χ1n) is 2.74. The summed E-state index contributed by atoms with van der Waals surface area (Å²) in [6.45, 7) is 5.83. The summed E-state index contributed by atoms with van der Waals surface area (Å²) >= 11 is -1.72. The first kappa shape index (κ1) is 9.07. The normalized spacial score (nSPS) is 15.6. The molecule has 0 saturated heterocycles. The van der Waals surface area contributed by atoms with Crippen molar-refractivity contribution in [2.75, 3.05) is 5.88 Å². The second kappa shape index (κ2) is 3.29. The molecule has 0 aliphatic carbocycles. The highest BCUT2D eigenvalue weighted by molar-refractivity contribution is 7.79. The lowest BCUT2D eigenvalue weighted by molar-refractivity contribution is 0.448. The minimum atomic E-state index is -1.72. The molecule has 2 N–H and O–H groups in total. The van der Waals surface area contributed by atoms with Gasteiger partial charge in [0.2, 0.25) is 0 Å². The second-order valence-corrected chi connectivity index (χ2v) is 3.82. The third-order valence-electron chi connectivity index (χ3n) is 0.726. The Kier molecular flexibility index (Phi) is 3.32. The summed E-state index contributed by atoms with van der Waals surface area (Å²) in [6, 6.07) is 0. The number of hydrogen-bond donors (Lipinski definition) is 2. The van der Waals surface area contributed by atoms with Crippen LogP contribution in [0.15, 0.2) is 0 Å². The van der Waals surface area contributed by atoms with Crippen molar-refractivity contribution >= 4 is 11.1 Å². The quantitative estimate of drug-likeness (QED) is 0.567. The molecule has 0 aromatic heterocycles. The second-order valence-electron chi connectivity index (χ2n) is 2.89. The van der Waals surface area contributed by atoms with Crippen molar-refractivity contribution in [3.05, 3.63) is 0 Å². The third-order valence-corrected chi connectivity index (χ3v) is 1.12. The largest absolute Gasteiger partial charge is 0.305 e. The lowest BCUT2D eigenvalue weighted by Crippen LogP contribution is -2.37. The molecule has 0 rings (SSSR count). The van der Waals surface area contributed by atoms with Gasteiger partial charge in [-0.3, -0.25) is 5.32 Å². The predicted octanol–water partition coefficient (Wildman–Crippen LogP) is 0.554. The van der Waals surface area contributed by atoms with Gasteiger partial charge < -0.3 is 4.55 Å². The number of rotatable bonds is 2. The van der Waals surface area contributed by atoms with Crippen LogP contribution in [0.4, 0.5) is 0 Å². The van der Waals surface area contributed by atoms with E-state index in [1.54, 1.807) is 0 Å². The summed E-state index contributed by atoms with van der Waals surface area (Å²) < 4.78 is 18.4. The van der Waals surface area contributed by atoms with E-state index in [-0.39, 0.29) is 11.4 Å². The van der Waals surface area contributed by atoms with E-state index >= 15 is 0 Å². The molecule has 56 valence electrons. The average Bonchev–Trinajstić information content (AvgIpc) is 1.59. The Balaban J connectivity index is 3.39. The Hall–Kier alpha value is 0.0700. The van der Waals surface area contributed by atoms with Crippen LogP contribution in [0.25, 0.3) is 0 Å². The molecule has 1 atom stereocenters. The SMILES string of the molecule is CC(C)(C)NCS(=O)O. The maximum atomic E-state index is 10.1. The van der Waals surface area contributed by atoms with Crippen molar-refractivity contribution in [1.82, 2.24) is 5.32 Å². The molecule has 0 radical (unpaired) electrons. The van der Waals surface area contributed by atoms with Crippen LogP contribution in [0, 0.1) is 0 Å². The number of nitrogens with one attached hydrogen (secondary N) is 1. The molecule has 0 bridgehead atoms. The van der Waals surface area contributed by atoms with Gasteiger partial charge in [-0.25, -0.2) is 4.21 Å². The molecule has 0 aliphatic heterocycles. The number of hydrogen-bond acceptors (Lipinski definition) is 2. The lowest BCUT2D eigenvalue weighted by atomic mass is 10.1. The van der Waals surface area contributed by atoms with E-state index in [0.717, 1.165) is 0 Å². The summed E-state index contributed by atoms with van der Waals surface area (Å²) in [7, 11) is 0. The molecule has 0 saturated carbocycles. The Morgan fingerprint density at radius 1 is 1.56 bits per heavy atom. The topological polar surface area (TPSA) is 49.3 Å². The highest BCUT2D eigenvalue weighted by atomic mass is 32.2. The monoisotopic (exact) mass is 151 g/mol. The van der Waals surface area contributed by atoms with E-state index < -0.39 is 11.1 Å². The first-order chi connectivity index (χ1) is 3.92. The fourth-order valence-corrected chi connectivity index (χ4v) is 0.835. The van der Waals surface area contributed by atoms with Crippen molar-refractivity contribution < 1.29 is 8.76 Å². The van der Waals surface area contributed by atoms with Crippen LogP contribution >= 0.6 is 0 Å². The van der Waals surface area contributed by atoms with Gasteiger partial charge >= 0.3 is 0 Å². The maximum absolute atomic E-state index is 10.1. The van der Waals surface area contributed by atoms with Gasteiger partial charge in [-0.05, 0) is 20.8 Å². The van der Waals surface area contributed by atoms with E-state index in [0.29, 0.717) is 0 Å². The fraction of sp³-hybridized carbons (Fsp3) is 1.00. The van der Waals surface area contributed by atoms with Gasteiger partial charge in [-0.2, -0.15) is 0 Å². The van der Waals surface area contributed by atoms with E-state index in [4.69, 9.17) is 4.55 Å². The maximum Gasteiger partial charge on any atom is 0.167 e. The van der Waals surface area contributed by atoms with E-state index in [1.807, 2.05) is 20.8 Å². The molecule has 0 spiro atoms. The zero-order valence-electron chi connectivity index (χ0n) is 5.97. The van der Waals surface area contributed by atoms with Crippen LogP contribution in [0.2, 0.25) is 0 Å². The van der Waals surface area contributed by atoms with Crippen LogP contribution in [0.3, 0.4) is 0 Å². The predicted molar refractivity (Wildman–Crippen MR) is 38.5 cm³/mol. The zero-order chi connectivity index (χ0) is 7.49. The Morgan fingerprint density at radius 2 is 2.00 bits per heavy atom. The van der Waals surface area contributed by atoms with Crippen molar-refractivity contribution in [3.8, 4) is 0 Å². The third kappa shape index (κ3) is 8.07. The Morgan fingerprint density at radius 3 is 2.11 bits per heavy atom. The lowest BCUT2D eigenvalue weighted by Gasteiger charge is -2.18. The first-order valence-corrected chi connectivity index (χ1v) is 4.02. The van der Waals surface area contributed by atoms with Crippen molar-refractivity contribution in [1.29, 1.82) is 0 Å². The minimum absolute atomic E-state index is 0.0710. The van der Waals surface area contributed by atoms with E-state index in [1.165, 1.54) is 0 Å². The van der Waals surface area contributed by atoms with Gasteiger partial charge in [0.1, 0.15) is 0 Å². The summed E-state index contributed by atoms with van der Waals surface area (Å²) in [4.78, 5) is 0. The van der Waals surface area contributed by atoms with Crippen LogP contribution in [-0.4, -0.2) is 20.2 Å². The Bertz CT molecular complexity index is 108. The van der Waals surface area contributed by atoms with Gasteiger partial charge in [-0.15, -0.1) is 0 Å². The molecular formula is C5H13NO2S. The van der Waals surface area contributed by atoms with Crippen LogP contribution in [0.5, 0.6) is 0 Å². The van der Waals surface area contributed by atoms with E-state index in [9.17, 15) is 4.21 Å². The van der Waals surface area contributed by atoms with Gasteiger partial charge in [0, 0.05) is 5.54 Å². The molecule has 3 nitrogen and oxygen atoms in total. The molecule has 0 aromatic carbocycles. The van der Waals surface area contributed by atoms with Gasteiger partial charge in [0.15, 0.2) is 11.1 Å². The zero-order valence-corrected chi connectivity index (χ0v) is 6.79. The van der Waals surface area contributed by atoms with Gasteiger partial charge in [0.25, 0.3) is 0 Å². The van der Waals surface area contributed by atoms with Gasteiger partial charge in [-0.1, -0.05) is 0 Å². The smallest absolute Gasteiger partial charge is 0.167 e. The summed E-state index contributed by atoms with van der Waals surface area (Å²) in [5, 5.41) is 2.87. The molecule has 9 heavy (non-hydrogen) atoms. The summed E-state index contributed by atoms with van der Waals surface area (Å²) in [5.74, 6) is 0.142. The summed E-state index contributed by atoms with van der Waals surface area (Å²) in [5.41, 5.74) is -0.0710. The highest BCUT2D eigenvalue weighted by Crippen LogP contribution is 1.96. The molecule has 0 amide bonds. The fourth-order valence-electron chi connectivity index (χ4n) is 0.278. The molecule has 0 aromatic rings. The molecule has 0 aliphatic rings. The molecule has 0 fully saturated rings. The van der Waals surface area contributed by atoms with Crippen LogP contribution in [-0.2, 0) is 11.1 Å². The molecule has 0 heterocycles. The minimum Gasteiger partial charge on any atom is -0.305 e. The van der Waals surface area contributed by atoms with Crippen molar-refractivity contribution in [3.63, 3.8) is 0 Å². The molecule has 4 heteroatoms. The molecular weight excluding hydrogens is 138 g/mol. The van der Waals surface area contributed by atoms with Crippen molar-refractivity contribution in [2.45, 2.75) is 26.3 Å². The van der Waals surface area contributed by atoms with Gasteiger partial charge in [0.05, 0.1) is 5.88 Å². The summed E-state index contributed by atoms with van der Waals surface area (Å²) in [6.07, 6.45) is 0. The van der Waals surface area contributed by atoms with Crippen LogP contribution in [0.1, 0.15) is 20.8 Å².